The largest absolute Gasteiger partial charge is 0.330 e. The Bertz CT molecular complexity index is 741. The summed E-state index contributed by atoms with van der Waals surface area (Å²) in [6, 6.07) is 15.0. The summed E-state index contributed by atoms with van der Waals surface area (Å²) in [7, 11) is 0. The van der Waals surface area contributed by atoms with Gasteiger partial charge < -0.3 is 16.0 Å². The highest BCUT2D eigenvalue weighted by Crippen LogP contribution is 2.29. The third kappa shape index (κ3) is 3.46. The lowest BCUT2D eigenvalue weighted by molar-refractivity contribution is -0.116. The number of hydrogen-bond acceptors (Lipinski definition) is 3. The van der Waals surface area contributed by atoms with E-state index in [2.05, 4.69) is 11.4 Å². The maximum absolute atomic E-state index is 12.7. The second-order valence-corrected chi connectivity index (χ2v) is 5.85. The first kappa shape index (κ1) is 16.2. The molecule has 2 aromatic carbocycles. The molecule has 0 spiro atoms. The molecule has 0 saturated carbocycles. The van der Waals surface area contributed by atoms with Crippen molar-refractivity contribution in [3.05, 3.63) is 59.7 Å². The van der Waals surface area contributed by atoms with Crippen LogP contribution in [0.3, 0.4) is 0 Å². The average molecular weight is 323 g/mol. The van der Waals surface area contributed by atoms with Crippen LogP contribution < -0.4 is 16.0 Å². The van der Waals surface area contributed by atoms with E-state index in [1.807, 2.05) is 23.1 Å². The number of para-hydroxylation sites is 1. The number of carbonyl (C=O) groups excluding carboxylic acids is 2. The van der Waals surface area contributed by atoms with Crippen molar-refractivity contribution >= 4 is 23.2 Å². The molecule has 3 N–H and O–H groups in total. The second-order valence-electron chi connectivity index (χ2n) is 5.85. The molecule has 1 aliphatic rings. The van der Waals surface area contributed by atoms with E-state index in [9.17, 15) is 9.59 Å². The minimum absolute atomic E-state index is 0.0130. The number of nitrogens with zero attached hydrogens (tertiary/aromatic N) is 1. The maximum Gasteiger partial charge on any atom is 0.258 e. The van der Waals surface area contributed by atoms with Gasteiger partial charge in [-0.3, -0.25) is 9.59 Å². The smallest absolute Gasteiger partial charge is 0.258 e. The van der Waals surface area contributed by atoms with Crippen LogP contribution in [0.4, 0.5) is 11.4 Å². The van der Waals surface area contributed by atoms with Crippen molar-refractivity contribution in [1.82, 2.24) is 0 Å². The lowest BCUT2D eigenvalue weighted by Crippen LogP contribution is -2.28. The Morgan fingerprint density at radius 2 is 1.83 bits per heavy atom. The summed E-state index contributed by atoms with van der Waals surface area (Å²) in [5.41, 5.74) is 8.89. The standard InChI is InChI=1S/C19H21N3O2/c20-12-3-6-18(23)21-16-9-7-15(8-10-16)19(24)22-13-11-14-4-1-2-5-17(14)22/h1-2,4-5,7-10H,3,6,11-13,20H2,(H,21,23). The second kappa shape index (κ2) is 7.27. The molecule has 124 valence electrons. The van der Waals surface area contributed by atoms with Crippen molar-refractivity contribution in [2.75, 3.05) is 23.3 Å². The zero-order valence-corrected chi connectivity index (χ0v) is 13.5. The number of nitrogens with one attached hydrogen (secondary N) is 1. The predicted molar refractivity (Wildman–Crippen MR) is 95.2 cm³/mol. The van der Waals surface area contributed by atoms with Gasteiger partial charge in [0.05, 0.1) is 0 Å². The van der Waals surface area contributed by atoms with Crippen molar-refractivity contribution in [2.45, 2.75) is 19.3 Å². The SMILES string of the molecule is NCCCC(=O)Nc1ccc(C(=O)N2CCc3ccccc32)cc1. The van der Waals surface area contributed by atoms with E-state index in [4.69, 9.17) is 5.73 Å². The van der Waals surface area contributed by atoms with Gasteiger partial charge in [-0.1, -0.05) is 18.2 Å². The minimum Gasteiger partial charge on any atom is -0.330 e. The number of carbonyl (C=O) groups is 2. The first-order valence-electron chi connectivity index (χ1n) is 8.19. The summed E-state index contributed by atoms with van der Waals surface area (Å²) in [4.78, 5) is 26.2. The van der Waals surface area contributed by atoms with Gasteiger partial charge in [0, 0.05) is 29.9 Å². The summed E-state index contributed by atoms with van der Waals surface area (Å²) >= 11 is 0. The Morgan fingerprint density at radius 3 is 2.58 bits per heavy atom. The molecule has 0 radical (unpaired) electrons. The monoisotopic (exact) mass is 323 g/mol. The van der Waals surface area contributed by atoms with Crippen molar-refractivity contribution in [1.29, 1.82) is 0 Å². The van der Waals surface area contributed by atoms with Gasteiger partial charge in [0.2, 0.25) is 5.91 Å². The first-order chi connectivity index (χ1) is 11.7. The normalized spacial score (nSPS) is 12.8. The molecule has 1 heterocycles. The third-order valence-electron chi connectivity index (χ3n) is 4.16. The molecule has 0 aromatic heterocycles. The molecule has 0 saturated heterocycles. The van der Waals surface area contributed by atoms with Gasteiger partial charge in [0.25, 0.3) is 5.91 Å². The summed E-state index contributed by atoms with van der Waals surface area (Å²) in [5, 5.41) is 2.81. The molecule has 24 heavy (non-hydrogen) atoms. The van der Waals surface area contributed by atoms with Crippen LogP contribution in [-0.4, -0.2) is 24.9 Å². The lowest BCUT2D eigenvalue weighted by Gasteiger charge is -2.17. The fourth-order valence-corrected chi connectivity index (χ4v) is 2.89. The number of benzene rings is 2. The lowest BCUT2D eigenvalue weighted by atomic mass is 10.1. The summed E-state index contributed by atoms with van der Waals surface area (Å²) in [6.07, 6.45) is 1.95. The van der Waals surface area contributed by atoms with Crippen LogP contribution in [0, 0.1) is 0 Å². The molecule has 5 nitrogen and oxygen atoms in total. The fourth-order valence-electron chi connectivity index (χ4n) is 2.89. The minimum atomic E-state index is -0.0620. The molecular formula is C19H21N3O2. The van der Waals surface area contributed by atoms with E-state index in [1.54, 1.807) is 24.3 Å². The molecule has 5 heteroatoms. The average Bonchev–Trinajstić information content (AvgIpc) is 3.04. The van der Waals surface area contributed by atoms with Crippen LogP contribution in [0.5, 0.6) is 0 Å². The Balaban J connectivity index is 1.68. The summed E-state index contributed by atoms with van der Waals surface area (Å²) < 4.78 is 0. The van der Waals surface area contributed by atoms with Crippen LogP contribution in [-0.2, 0) is 11.2 Å². The van der Waals surface area contributed by atoms with E-state index >= 15 is 0 Å². The van der Waals surface area contributed by atoms with E-state index in [0.717, 1.165) is 12.1 Å². The van der Waals surface area contributed by atoms with Crippen LogP contribution in [0.2, 0.25) is 0 Å². The highest BCUT2D eigenvalue weighted by Gasteiger charge is 2.24. The van der Waals surface area contributed by atoms with Crippen molar-refractivity contribution in [3.8, 4) is 0 Å². The number of anilines is 2. The van der Waals surface area contributed by atoms with Crippen molar-refractivity contribution in [3.63, 3.8) is 0 Å². The van der Waals surface area contributed by atoms with Crippen LogP contribution in [0.15, 0.2) is 48.5 Å². The topological polar surface area (TPSA) is 75.4 Å². The van der Waals surface area contributed by atoms with E-state index in [0.29, 0.717) is 37.2 Å². The molecule has 3 rings (SSSR count). The summed E-state index contributed by atoms with van der Waals surface area (Å²) in [6.45, 7) is 1.20. The predicted octanol–water partition coefficient (Wildman–Crippen LogP) is 2.57. The highest BCUT2D eigenvalue weighted by atomic mass is 16.2. The molecule has 0 unspecified atom stereocenters. The number of hydrogen-bond donors (Lipinski definition) is 2. The van der Waals surface area contributed by atoms with Gasteiger partial charge in [-0.2, -0.15) is 0 Å². The van der Waals surface area contributed by atoms with Crippen molar-refractivity contribution in [2.24, 2.45) is 5.73 Å². The van der Waals surface area contributed by atoms with Gasteiger partial charge in [0.15, 0.2) is 0 Å². The molecule has 0 fully saturated rings. The molecule has 0 atom stereocenters. The molecule has 0 bridgehead atoms. The molecule has 2 aromatic rings. The molecular weight excluding hydrogens is 302 g/mol. The molecule has 2 amide bonds. The maximum atomic E-state index is 12.7. The Labute approximate surface area is 141 Å². The Hall–Kier alpha value is -2.66. The van der Waals surface area contributed by atoms with Gasteiger partial charge >= 0.3 is 0 Å². The van der Waals surface area contributed by atoms with E-state index in [-0.39, 0.29) is 11.8 Å². The fraction of sp³-hybridized carbons (Fsp3) is 0.263. The quantitative estimate of drug-likeness (QED) is 0.888. The number of fused-ring (bicyclic) bond motifs is 1. The number of nitrogens with two attached hydrogens (primary N) is 1. The van der Waals surface area contributed by atoms with Gasteiger partial charge in [-0.05, 0) is 55.3 Å². The van der Waals surface area contributed by atoms with Crippen LogP contribution in [0.1, 0.15) is 28.8 Å². The zero-order valence-electron chi connectivity index (χ0n) is 13.5. The first-order valence-corrected chi connectivity index (χ1v) is 8.19. The van der Waals surface area contributed by atoms with E-state index in [1.165, 1.54) is 5.56 Å². The number of rotatable bonds is 5. The summed E-state index contributed by atoms with van der Waals surface area (Å²) in [5.74, 6) is -0.0750. The third-order valence-corrected chi connectivity index (χ3v) is 4.16. The Morgan fingerprint density at radius 1 is 1.08 bits per heavy atom. The molecule has 1 aliphatic heterocycles. The molecule has 0 aliphatic carbocycles. The van der Waals surface area contributed by atoms with Crippen LogP contribution in [0.25, 0.3) is 0 Å². The highest BCUT2D eigenvalue weighted by molar-refractivity contribution is 6.07. The van der Waals surface area contributed by atoms with Crippen molar-refractivity contribution < 1.29 is 9.59 Å². The van der Waals surface area contributed by atoms with Crippen LogP contribution >= 0.6 is 0 Å². The number of amides is 2. The Kier molecular flexibility index (Phi) is 4.91. The van der Waals surface area contributed by atoms with Gasteiger partial charge in [-0.15, -0.1) is 0 Å². The van der Waals surface area contributed by atoms with Gasteiger partial charge in [-0.25, -0.2) is 0 Å². The van der Waals surface area contributed by atoms with Gasteiger partial charge in [0.1, 0.15) is 0 Å². The van der Waals surface area contributed by atoms with E-state index < -0.39 is 0 Å². The zero-order chi connectivity index (χ0) is 16.9.